The zero-order chi connectivity index (χ0) is 24.4. The van der Waals surface area contributed by atoms with Gasteiger partial charge < -0.3 is 9.88 Å². The lowest BCUT2D eigenvalue weighted by molar-refractivity contribution is 0.589. The van der Waals surface area contributed by atoms with Crippen molar-refractivity contribution in [2.24, 2.45) is 4.99 Å². The van der Waals surface area contributed by atoms with E-state index in [0.717, 1.165) is 21.7 Å². The molecule has 0 unspecified atom stereocenters. The van der Waals surface area contributed by atoms with Crippen LogP contribution < -0.4 is 10.7 Å². The molecule has 0 spiro atoms. The van der Waals surface area contributed by atoms with E-state index in [9.17, 15) is 0 Å². The maximum absolute atomic E-state index is 5.17. The molecule has 4 aromatic rings. The number of nitrogens with zero attached hydrogens (tertiary/aromatic N) is 2. The summed E-state index contributed by atoms with van der Waals surface area (Å²) in [6, 6.07) is 20.1. The fourth-order valence-electron chi connectivity index (χ4n) is 4.80. The molecule has 34 heavy (non-hydrogen) atoms. The molecule has 0 radical (unpaired) electrons. The van der Waals surface area contributed by atoms with Gasteiger partial charge in [0.05, 0.1) is 21.7 Å². The summed E-state index contributed by atoms with van der Waals surface area (Å²) in [6.45, 7) is 13.7. The Hall–Kier alpha value is -3.33. The van der Waals surface area contributed by atoms with Crippen molar-refractivity contribution >= 4 is 22.7 Å². The van der Waals surface area contributed by atoms with Crippen molar-refractivity contribution in [3.8, 4) is 11.1 Å². The molecule has 0 bridgehead atoms. The van der Waals surface area contributed by atoms with E-state index in [1.165, 1.54) is 38.2 Å². The second-order valence-corrected chi connectivity index (χ2v) is 11.8. The first-order chi connectivity index (χ1) is 15.9. The first-order valence-corrected chi connectivity index (χ1v) is 12.1. The van der Waals surface area contributed by atoms with Crippen molar-refractivity contribution in [2.45, 2.75) is 52.4 Å². The molecule has 1 aliphatic heterocycles. The zero-order valence-corrected chi connectivity index (χ0v) is 21.7. The van der Waals surface area contributed by atoms with Gasteiger partial charge in [-0.3, -0.25) is 0 Å². The van der Waals surface area contributed by atoms with Crippen molar-refractivity contribution in [3.05, 3.63) is 87.0 Å². The average Bonchev–Trinajstić information content (AvgIpc) is 3.29. The highest BCUT2D eigenvalue weighted by Gasteiger charge is 2.23. The predicted molar refractivity (Wildman–Crippen MR) is 144 cm³/mol. The Morgan fingerprint density at radius 1 is 0.765 bits per heavy atom. The van der Waals surface area contributed by atoms with Crippen LogP contribution in [-0.2, 0) is 10.8 Å². The monoisotopic (exact) mass is 449 g/mol. The van der Waals surface area contributed by atoms with Crippen LogP contribution >= 0.6 is 0 Å². The molecule has 0 saturated heterocycles. The third-order valence-electron chi connectivity index (χ3n) is 6.76. The van der Waals surface area contributed by atoms with Crippen LogP contribution in [0.15, 0.2) is 59.6 Å². The summed E-state index contributed by atoms with van der Waals surface area (Å²) in [7, 11) is 4.12. The zero-order valence-electron chi connectivity index (χ0n) is 21.7. The summed E-state index contributed by atoms with van der Waals surface area (Å²) >= 11 is 0. The summed E-state index contributed by atoms with van der Waals surface area (Å²) in [6.07, 6.45) is 2.15. The van der Waals surface area contributed by atoms with E-state index >= 15 is 0 Å². The Kier molecular flexibility index (Phi) is 5.02. The predicted octanol–water partition coefficient (Wildman–Crippen LogP) is 6.28. The van der Waals surface area contributed by atoms with E-state index in [4.69, 9.17) is 4.99 Å². The highest BCUT2D eigenvalue weighted by molar-refractivity contribution is 5.85. The smallest absolute Gasteiger partial charge is 0.0809 e. The molecule has 3 heteroatoms. The van der Waals surface area contributed by atoms with E-state index in [1.54, 1.807) is 0 Å². The van der Waals surface area contributed by atoms with E-state index in [-0.39, 0.29) is 10.8 Å². The summed E-state index contributed by atoms with van der Waals surface area (Å²) in [5, 5.41) is 6.95. The minimum Gasteiger partial charge on any atom is -0.382 e. The molecule has 3 aromatic carbocycles. The third kappa shape index (κ3) is 3.73. The quantitative estimate of drug-likeness (QED) is 0.321. The van der Waals surface area contributed by atoms with Gasteiger partial charge in [0.15, 0.2) is 0 Å². The van der Waals surface area contributed by atoms with Gasteiger partial charge in [-0.15, -0.1) is 0 Å². The van der Waals surface area contributed by atoms with Crippen LogP contribution in [0.5, 0.6) is 0 Å². The number of fused-ring (bicyclic) bond motifs is 4. The third-order valence-corrected chi connectivity index (χ3v) is 6.76. The second-order valence-electron chi connectivity index (χ2n) is 11.8. The number of hydrogen-bond acceptors (Lipinski definition) is 2. The van der Waals surface area contributed by atoms with Gasteiger partial charge in [-0.1, -0.05) is 71.9 Å². The van der Waals surface area contributed by atoms with Crippen molar-refractivity contribution in [1.29, 1.82) is 0 Å². The van der Waals surface area contributed by atoms with Gasteiger partial charge in [-0.25, -0.2) is 4.99 Å². The van der Waals surface area contributed by atoms with Gasteiger partial charge in [-0.05, 0) is 46.2 Å². The highest BCUT2D eigenvalue weighted by atomic mass is 15.0. The van der Waals surface area contributed by atoms with Crippen LogP contribution in [0.2, 0.25) is 0 Å². The van der Waals surface area contributed by atoms with Gasteiger partial charge in [0.1, 0.15) is 0 Å². The molecule has 1 N–H and O–H groups in total. The first-order valence-electron chi connectivity index (χ1n) is 12.1. The normalized spacial score (nSPS) is 14.8. The topological polar surface area (TPSA) is 31.4 Å². The highest BCUT2D eigenvalue weighted by Crippen LogP contribution is 2.38. The molecule has 2 heterocycles. The molecule has 1 aliphatic rings. The van der Waals surface area contributed by atoms with Crippen LogP contribution in [-0.4, -0.2) is 24.0 Å². The van der Waals surface area contributed by atoms with Crippen LogP contribution in [0, 0.1) is 10.6 Å². The number of benzene rings is 3. The van der Waals surface area contributed by atoms with Crippen molar-refractivity contribution in [2.75, 3.05) is 14.1 Å². The summed E-state index contributed by atoms with van der Waals surface area (Å²) in [5.74, 6) is 0. The Balaban J connectivity index is 1.98. The van der Waals surface area contributed by atoms with Gasteiger partial charge in [0.25, 0.3) is 0 Å². The average molecular weight is 450 g/mol. The molecule has 0 saturated carbocycles. The SMILES string of the molecule is CN(C)/C=c1/[nH]/c(=c2\cc(C(C)(C)C)cc3c2=Nc2ccc(C(C)(C)C)cc2-3)c2ccccc12. The van der Waals surface area contributed by atoms with Gasteiger partial charge in [0.2, 0.25) is 0 Å². The Bertz CT molecular complexity index is 1640. The Labute approximate surface area is 202 Å². The van der Waals surface area contributed by atoms with Gasteiger partial charge >= 0.3 is 0 Å². The fraction of sp³-hybridized carbons (Fsp3) is 0.323. The van der Waals surface area contributed by atoms with E-state index in [1.807, 2.05) is 0 Å². The molecule has 1 aromatic heterocycles. The molecule has 0 atom stereocenters. The molecule has 0 fully saturated rings. The van der Waals surface area contributed by atoms with Crippen LogP contribution in [0.3, 0.4) is 0 Å². The van der Waals surface area contributed by atoms with Crippen molar-refractivity contribution in [3.63, 3.8) is 0 Å². The molecule has 0 aliphatic carbocycles. The number of H-pyrrole nitrogens is 1. The number of hydrogen-bond donors (Lipinski definition) is 1. The minimum absolute atomic E-state index is 0.0230. The van der Waals surface area contributed by atoms with Gasteiger partial charge in [0, 0.05) is 47.4 Å². The lowest BCUT2D eigenvalue weighted by atomic mass is 9.83. The molecular weight excluding hydrogens is 414 g/mol. The molecular formula is C31H35N3. The van der Waals surface area contributed by atoms with Crippen molar-refractivity contribution in [1.82, 2.24) is 9.88 Å². The number of rotatable bonds is 1. The lowest BCUT2D eigenvalue weighted by Crippen LogP contribution is -2.16. The maximum atomic E-state index is 5.17. The first kappa shape index (κ1) is 22.5. The molecule has 3 nitrogen and oxygen atoms in total. The van der Waals surface area contributed by atoms with Crippen LogP contribution in [0.4, 0.5) is 5.69 Å². The lowest BCUT2D eigenvalue weighted by Gasteiger charge is -2.21. The van der Waals surface area contributed by atoms with Crippen LogP contribution in [0.1, 0.15) is 52.7 Å². The van der Waals surface area contributed by atoms with Crippen LogP contribution in [0.25, 0.3) is 28.1 Å². The van der Waals surface area contributed by atoms with E-state index in [2.05, 4.69) is 126 Å². The summed E-state index contributed by atoms with van der Waals surface area (Å²) in [5.41, 5.74) is 6.31. The van der Waals surface area contributed by atoms with Gasteiger partial charge in [-0.2, -0.15) is 0 Å². The minimum atomic E-state index is 0.0230. The number of aromatic nitrogens is 1. The Morgan fingerprint density at radius 3 is 2.06 bits per heavy atom. The largest absolute Gasteiger partial charge is 0.382 e. The maximum Gasteiger partial charge on any atom is 0.0809 e. The second kappa shape index (κ2) is 7.59. The molecule has 5 rings (SSSR count). The standard InChI is InChI=1S/C31H35N3/c1-30(2,3)19-13-14-26-23(15-19)24-16-20(31(4,5)6)17-25(29(24)32-26)28-22-12-10-9-11-21(22)27(33-28)18-34(7)8/h9-18,33H,1-8H3/b27-18+,28-25+. The summed E-state index contributed by atoms with van der Waals surface area (Å²) in [4.78, 5) is 11.0. The molecule has 0 amide bonds. The number of aromatic amines is 1. The van der Waals surface area contributed by atoms with E-state index in [0.29, 0.717) is 0 Å². The number of nitrogens with one attached hydrogen (secondary N) is 1. The molecule has 174 valence electrons. The Morgan fingerprint density at radius 2 is 1.41 bits per heavy atom. The van der Waals surface area contributed by atoms with E-state index < -0.39 is 0 Å². The fourth-order valence-corrected chi connectivity index (χ4v) is 4.80. The van der Waals surface area contributed by atoms with Crippen molar-refractivity contribution < 1.29 is 0 Å². The summed E-state index contributed by atoms with van der Waals surface area (Å²) < 4.78 is 0.